The van der Waals surface area contributed by atoms with Crippen molar-refractivity contribution in [3.8, 4) is 5.88 Å². The van der Waals surface area contributed by atoms with Crippen molar-refractivity contribution in [2.24, 2.45) is 0 Å². The van der Waals surface area contributed by atoms with Gasteiger partial charge in [0.2, 0.25) is 5.88 Å². The molecule has 3 nitrogen and oxygen atoms in total. The van der Waals surface area contributed by atoms with Crippen LogP contribution in [-0.4, -0.2) is 16.1 Å². The largest absolute Gasteiger partial charge is 0.474 e. The van der Waals surface area contributed by atoms with Crippen LogP contribution in [-0.2, 0) is 0 Å². The van der Waals surface area contributed by atoms with E-state index in [2.05, 4.69) is 16.0 Å². The van der Waals surface area contributed by atoms with Gasteiger partial charge in [0.1, 0.15) is 10.3 Å². The van der Waals surface area contributed by atoms with Crippen LogP contribution in [0.4, 0.5) is 0 Å². The van der Waals surface area contributed by atoms with Crippen molar-refractivity contribution in [2.75, 3.05) is 0 Å². The summed E-state index contributed by atoms with van der Waals surface area (Å²) < 4.78 is 5.81. The van der Waals surface area contributed by atoms with E-state index in [0.29, 0.717) is 5.88 Å². The maximum absolute atomic E-state index is 5.81. The van der Waals surface area contributed by atoms with E-state index in [1.807, 2.05) is 39.0 Å². The summed E-state index contributed by atoms with van der Waals surface area (Å²) in [5.74, 6) is 0.705. The summed E-state index contributed by atoms with van der Waals surface area (Å²) in [5.41, 5.74) is 0.976. The Kier molecular flexibility index (Phi) is 2.67. The minimum absolute atomic E-state index is 0.118. The highest BCUT2D eigenvalue weighted by Gasteiger charge is 2.13. The predicted octanol–water partition coefficient (Wildman–Crippen LogP) is 3.94. The fraction of sp³-hybridized carbons (Fsp3) is 0.286. The first kappa shape index (κ1) is 11.4. The molecule has 0 amide bonds. The first-order valence-corrected chi connectivity index (χ1v) is 6.79. The maximum Gasteiger partial charge on any atom is 0.223 e. The topological polar surface area (TPSA) is 35.0 Å². The highest BCUT2D eigenvalue weighted by Crippen LogP contribution is 2.33. The molecule has 1 aromatic carbocycles. The van der Waals surface area contributed by atoms with E-state index in [1.54, 1.807) is 11.3 Å². The molecule has 3 rings (SSSR count). The summed E-state index contributed by atoms with van der Waals surface area (Å²) in [5, 5.41) is 3.18. The number of fused-ring (bicyclic) bond motifs is 3. The van der Waals surface area contributed by atoms with Gasteiger partial charge in [-0.25, -0.2) is 9.97 Å². The van der Waals surface area contributed by atoms with Crippen LogP contribution in [0.15, 0.2) is 24.3 Å². The third-order valence-corrected chi connectivity index (χ3v) is 3.54. The molecule has 0 saturated heterocycles. The normalized spacial score (nSPS) is 11.6. The fourth-order valence-electron chi connectivity index (χ4n) is 2.01. The molecule has 0 N–H and O–H groups in total. The Bertz CT molecular complexity index is 718. The molecule has 3 aromatic rings. The lowest BCUT2D eigenvalue weighted by molar-refractivity contribution is 0.237. The number of rotatable bonds is 2. The Morgan fingerprint density at radius 2 is 1.83 bits per heavy atom. The van der Waals surface area contributed by atoms with E-state index in [0.717, 1.165) is 26.1 Å². The predicted molar refractivity (Wildman–Crippen MR) is 75.4 cm³/mol. The van der Waals surface area contributed by atoms with Crippen molar-refractivity contribution in [3.05, 3.63) is 29.3 Å². The van der Waals surface area contributed by atoms with Gasteiger partial charge < -0.3 is 4.74 Å². The number of benzene rings is 1. The summed E-state index contributed by atoms with van der Waals surface area (Å²) in [4.78, 5) is 10.1. The van der Waals surface area contributed by atoms with Crippen LogP contribution in [0.1, 0.15) is 18.9 Å². The molecule has 0 spiro atoms. The molecule has 0 saturated carbocycles. The average Bonchev–Trinajstić information content (AvgIpc) is 2.69. The average molecular weight is 258 g/mol. The molecule has 0 aliphatic heterocycles. The summed E-state index contributed by atoms with van der Waals surface area (Å²) in [7, 11) is 0. The van der Waals surface area contributed by atoms with Crippen LogP contribution in [0.25, 0.3) is 21.1 Å². The van der Waals surface area contributed by atoms with Crippen LogP contribution in [0.5, 0.6) is 5.88 Å². The number of ether oxygens (including phenoxy) is 1. The molecule has 2 aromatic heterocycles. The summed E-state index contributed by atoms with van der Waals surface area (Å²) in [6.45, 7) is 6.03. The second-order valence-corrected chi connectivity index (χ2v) is 5.70. The highest BCUT2D eigenvalue weighted by atomic mass is 32.1. The second kappa shape index (κ2) is 4.21. The van der Waals surface area contributed by atoms with Gasteiger partial charge in [-0.15, -0.1) is 0 Å². The molecule has 0 aliphatic carbocycles. The molecular weight excluding hydrogens is 244 g/mol. The van der Waals surface area contributed by atoms with E-state index >= 15 is 0 Å². The Balaban J connectivity index is 2.38. The zero-order chi connectivity index (χ0) is 12.7. The zero-order valence-electron chi connectivity index (χ0n) is 10.6. The Labute approximate surface area is 109 Å². The molecule has 0 fully saturated rings. The van der Waals surface area contributed by atoms with Gasteiger partial charge in [-0.05, 0) is 26.8 Å². The van der Waals surface area contributed by atoms with E-state index < -0.39 is 0 Å². The smallest absolute Gasteiger partial charge is 0.223 e. The number of aryl methyl sites for hydroxylation is 1. The Hall–Kier alpha value is -1.68. The number of hydrogen-bond acceptors (Lipinski definition) is 4. The summed E-state index contributed by atoms with van der Waals surface area (Å²) >= 11 is 1.61. The van der Waals surface area contributed by atoms with Gasteiger partial charge in [0.25, 0.3) is 0 Å². The summed E-state index contributed by atoms with van der Waals surface area (Å²) in [6.07, 6.45) is 0.118. The molecule has 0 bridgehead atoms. The first-order valence-electron chi connectivity index (χ1n) is 5.97. The third-order valence-electron chi connectivity index (χ3n) is 2.68. The Morgan fingerprint density at radius 3 is 2.56 bits per heavy atom. The standard InChI is InChI=1S/C14H14N2OS/c1-8(2)17-13-11-7-5-4-6-10(11)12-14(16-13)18-9(3)15-12/h4-8H,1-3H3. The van der Waals surface area contributed by atoms with E-state index in [4.69, 9.17) is 4.74 Å². The zero-order valence-corrected chi connectivity index (χ0v) is 11.4. The van der Waals surface area contributed by atoms with Gasteiger partial charge in [-0.2, -0.15) is 0 Å². The van der Waals surface area contributed by atoms with Gasteiger partial charge in [0, 0.05) is 10.8 Å². The van der Waals surface area contributed by atoms with E-state index in [-0.39, 0.29) is 6.10 Å². The Morgan fingerprint density at radius 1 is 1.11 bits per heavy atom. The molecule has 0 unspecified atom stereocenters. The van der Waals surface area contributed by atoms with E-state index in [1.165, 1.54) is 0 Å². The number of thiazole rings is 1. The highest BCUT2D eigenvalue weighted by molar-refractivity contribution is 7.18. The molecule has 0 radical (unpaired) electrons. The van der Waals surface area contributed by atoms with Crippen molar-refractivity contribution in [2.45, 2.75) is 26.9 Å². The van der Waals surface area contributed by atoms with Crippen LogP contribution < -0.4 is 4.74 Å². The first-order chi connectivity index (χ1) is 8.65. The van der Waals surface area contributed by atoms with Gasteiger partial charge in [0.15, 0.2) is 0 Å². The molecular formula is C14H14N2OS. The second-order valence-electron chi connectivity index (χ2n) is 4.52. The molecule has 0 atom stereocenters. The third kappa shape index (κ3) is 1.82. The molecule has 18 heavy (non-hydrogen) atoms. The van der Waals surface area contributed by atoms with Crippen molar-refractivity contribution in [1.29, 1.82) is 0 Å². The summed E-state index contributed by atoms with van der Waals surface area (Å²) in [6, 6.07) is 8.14. The van der Waals surface area contributed by atoms with Gasteiger partial charge in [-0.1, -0.05) is 29.5 Å². The van der Waals surface area contributed by atoms with Crippen molar-refractivity contribution in [1.82, 2.24) is 9.97 Å². The fourth-order valence-corrected chi connectivity index (χ4v) is 2.81. The van der Waals surface area contributed by atoms with Crippen molar-refractivity contribution < 1.29 is 4.74 Å². The SMILES string of the molecule is Cc1nc2c(nc(OC(C)C)c3ccccc32)s1. The molecule has 4 heteroatoms. The molecule has 2 heterocycles. The number of hydrogen-bond donors (Lipinski definition) is 0. The monoisotopic (exact) mass is 258 g/mol. The van der Waals surface area contributed by atoms with Crippen LogP contribution in [0.3, 0.4) is 0 Å². The van der Waals surface area contributed by atoms with Crippen molar-refractivity contribution in [3.63, 3.8) is 0 Å². The van der Waals surface area contributed by atoms with Gasteiger partial charge >= 0.3 is 0 Å². The lowest BCUT2D eigenvalue weighted by atomic mass is 10.1. The number of pyridine rings is 1. The van der Waals surface area contributed by atoms with Crippen LogP contribution in [0.2, 0.25) is 0 Å². The minimum Gasteiger partial charge on any atom is -0.474 e. The van der Waals surface area contributed by atoms with Gasteiger partial charge in [-0.3, -0.25) is 0 Å². The van der Waals surface area contributed by atoms with Gasteiger partial charge in [0.05, 0.1) is 11.1 Å². The lowest BCUT2D eigenvalue weighted by Crippen LogP contribution is -2.07. The number of nitrogens with zero attached hydrogens (tertiary/aromatic N) is 2. The molecule has 92 valence electrons. The van der Waals surface area contributed by atoms with E-state index in [9.17, 15) is 0 Å². The quantitative estimate of drug-likeness (QED) is 0.698. The van der Waals surface area contributed by atoms with Crippen molar-refractivity contribution >= 4 is 32.5 Å². The number of aromatic nitrogens is 2. The van der Waals surface area contributed by atoms with Crippen LogP contribution in [0, 0.1) is 6.92 Å². The van der Waals surface area contributed by atoms with Crippen LogP contribution >= 0.6 is 11.3 Å². The minimum atomic E-state index is 0.118. The maximum atomic E-state index is 5.81. The molecule has 0 aliphatic rings. The lowest BCUT2D eigenvalue weighted by Gasteiger charge is -2.11.